The Balaban J connectivity index is 3.04. The van der Waals surface area contributed by atoms with Crippen LogP contribution in [0.3, 0.4) is 0 Å². The van der Waals surface area contributed by atoms with Gasteiger partial charge in [0, 0.05) is 11.5 Å². The van der Waals surface area contributed by atoms with E-state index in [1.54, 1.807) is 19.2 Å². The Labute approximate surface area is 68.0 Å². The maximum atomic E-state index is 9.15. The molecule has 54 valence electrons. The molecule has 1 heterocycles. The van der Waals surface area contributed by atoms with Crippen LogP contribution in [0.2, 0.25) is 0 Å². The molecule has 0 radical (unpaired) electrons. The summed E-state index contributed by atoms with van der Waals surface area (Å²) in [7, 11) is 0. The fraction of sp³-hybridized carbons (Fsp3) is 0.286. The summed E-state index contributed by atoms with van der Waals surface area (Å²) in [6, 6.07) is 1.71. The lowest BCUT2D eigenvalue weighted by Gasteiger charge is -1.98. The van der Waals surface area contributed by atoms with Gasteiger partial charge in [0.1, 0.15) is 5.75 Å². The van der Waals surface area contributed by atoms with Crippen LogP contribution >= 0.6 is 15.9 Å². The van der Waals surface area contributed by atoms with E-state index < -0.39 is 0 Å². The average Bonchev–Trinajstić information content (AvgIpc) is 1.95. The van der Waals surface area contributed by atoms with Gasteiger partial charge >= 0.3 is 0 Å². The number of nitrogens with zero attached hydrogens (tertiary/aromatic N) is 1. The van der Waals surface area contributed by atoms with Gasteiger partial charge in [0.25, 0.3) is 0 Å². The fourth-order valence-electron chi connectivity index (χ4n) is 0.636. The van der Waals surface area contributed by atoms with E-state index in [2.05, 4.69) is 20.9 Å². The summed E-state index contributed by atoms with van der Waals surface area (Å²) in [4.78, 5) is 3.97. The Kier molecular flexibility index (Phi) is 2.27. The standard InChI is InChI=1S/C7H8BrNO/c1-5-7(10)2-6(3-8)4-9-5/h2,4,10H,3H2,1H3. The minimum Gasteiger partial charge on any atom is -0.506 e. The second-order valence-corrected chi connectivity index (χ2v) is 2.64. The molecule has 3 heteroatoms. The highest BCUT2D eigenvalue weighted by molar-refractivity contribution is 9.08. The SMILES string of the molecule is Cc1ncc(CBr)cc1O. The highest BCUT2D eigenvalue weighted by Crippen LogP contribution is 2.15. The largest absolute Gasteiger partial charge is 0.506 e. The number of pyridine rings is 1. The van der Waals surface area contributed by atoms with Crippen molar-refractivity contribution < 1.29 is 5.11 Å². The zero-order chi connectivity index (χ0) is 7.56. The summed E-state index contributed by atoms with van der Waals surface area (Å²) in [6.45, 7) is 1.77. The lowest BCUT2D eigenvalue weighted by Crippen LogP contribution is -1.84. The number of hydrogen-bond acceptors (Lipinski definition) is 2. The monoisotopic (exact) mass is 201 g/mol. The van der Waals surface area contributed by atoms with Gasteiger partial charge in [0.2, 0.25) is 0 Å². The average molecular weight is 202 g/mol. The van der Waals surface area contributed by atoms with E-state index in [-0.39, 0.29) is 5.75 Å². The van der Waals surface area contributed by atoms with Gasteiger partial charge in [-0.3, -0.25) is 4.98 Å². The summed E-state index contributed by atoms with van der Waals surface area (Å²) in [5.41, 5.74) is 1.66. The summed E-state index contributed by atoms with van der Waals surface area (Å²) >= 11 is 3.27. The Hall–Kier alpha value is -0.570. The van der Waals surface area contributed by atoms with Gasteiger partial charge in [0.05, 0.1) is 5.69 Å². The van der Waals surface area contributed by atoms with Crippen molar-refractivity contribution in [3.8, 4) is 5.75 Å². The first-order chi connectivity index (χ1) is 4.74. The van der Waals surface area contributed by atoms with Crippen molar-refractivity contribution in [3.63, 3.8) is 0 Å². The van der Waals surface area contributed by atoms with E-state index in [1.807, 2.05) is 0 Å². The molecule has 10 heavy (non-hydrogen) atoms. The fourth-order valence-corrected chi connectivity index (χ4v) is 0.943. The highest BCUT2D eigenvalue weighted by atomic mass is 79.9. The van der Waals surface area contributed by atoms with Gasteiger partial charge in [-0.05, 0) is 18.6 Å². The van der Waals surface area contributed by atoms with Crippen LogP contribution in [0, 0.1) is 6.92 Å². The van der Waals surface area contributed by atoms with Crippen molar-refractivity contribution >= 4 is 15.9 Å². The molecule has 1 aromatic rings. The summed E-state index contributed by atoms with van der Waals surface area (Å²) in [5.74, 6) is 0.261. The van der Waals surface area contributed by atoms with Gasteiger partial charge in [-0.25, -0.2) is 0 Å². The van der Waals surface area contributed by atoms with Gasteiger partial charge in [-0.1, -0.05) is 15.9 Å². The summed E-state index contributed by atoms with van der Waals surface area (Å²) in [5, 5.41) is 9.88. The molecule has 0 atom stereocenters. The molecule has 0 saturated carbocycles. The highest BCUT2D eigenvalue weighted by Gasteiger charge is 1.96. The minimum absolute atomic E-state index is 0.261. The van der Waals surface area contributed by atoms with Crippen molar-refractivity contribution in [3.05, 3.63) is 23.5 Å². The first-order valence-electron chi connectivity index (χ1n) is 2.94. The molecule has 1 rings (SSSR count). The third-order valence-corrected chi connectivity index (χ3v) is 1.92. The van der Waals surface area contributed by atoms with Crippen LogP contribution in [-0.4, -0.2) is 10.1 Å². The molecule has 0 fully saturated rings. The number of aryl methyl sites for hydroxylation is 1. The zero-order valence-corrected chi connectivity index (χ0v) is 7.22. The van der Waals surface area contributed by atoms with E-state index in [1.165, 1.54) is 0 Å². The Bertz CT molecular complexity index is 237. The van der Waals surface area contributed by atoms with E-state index in [0.29, 0.717) is 5.69 Å². The van der Waals surface area contributed by atoms with E-state index in [0.717, 1.165) is 10.9 Å². The van der Waals surface area contributed by atoms with Gasteiger partial charge in [0.15, 0.2) is 0 Å². The van der Waals surface area contributed by atoms with Crippen LogP contribution in [0.4, 0.5) is 0 Å². The molecule has 0 bridgehead atoms. The lowest BCUT2D eigenvalue weighted by atomic mass is 10.3. The molecule has 0 saturated heterocycles. The number of rotatable bonds is 1. The Morgan fingerprint density at radius 2 is 2.40 bits per heavy atom. The van der Waals surface area contributed by atoms with Crippen molar-refractivity contribution in [1.82, 2.24) is 4.98 Å². The molecule has 0 aliphatic heterocycles. The van der Waals surface area contributed by atoms with Crippen LogP contribution in [0.5, 0.6) is 5.75 Å². The topological polar surface area (TPSA) is 33.1 Å². The molecule has 0 aliphatic carbocycles. The van der Waals surface area contributed by atoms with Crippen molar-refractivity contribution in [2.24, 2.45) is 0 Å². The van der Waals surface area contributed by atoms with E-state index >= 15 is 0 Å². The number of alkyl halides is 1. The van der Waals surface area contributed by atoms with Crippen LogP contribution in [-0.2, 0) is 5.33 Å². The Morgan fingerprint density at radius 3 is 2.90 bits per heavy atom. The van der Waals surface area contributed by atoms with Crippen LogP contribution < -0.4 is 0 Å². The summed E-state index contributed by atoms with van der Waals surface area (Å²) < 4.78 is 0. The predicted molar refractivity (Wildman–Crippen MR) is 43.3 cm³/mol. The molecule has 0 spiro atoms. The van der Waals surface area contributed by atoms with Crippen molar-refractivity contribution in [2.75, 3.05) is 0 Å². The van der Waals surface area contributed by atoms with Gasteiger partial charge in [-0.2, -0.15) is 0 Å². The normalized spacial score (nSPS) is 9.80. The van der Waals surface area contributed by atoms with Gasteiger partial charge in [-0.15, -0.1) is 0 Å². The number of hydrogen-bond donors (Lipinski definition) is 1. The third kappa shape index (κ3) is 1.48. The van der Waals surface area contributed by atoms with E-state index in [9.17, 15) is 0 Å². The van der Waals surface area contributed by atoms with Crippen molar-refractivity contribution in [2.45, 2.75) is 12.3 Å². The quantitative estimate of drug-likeness (QED) is 0.706. The lowest BCUT2D eigenvalue weighted by molar-refractivity contribution is 0.467. The first-order valence-corrected chi connectivity index (χ1v) is 4.06. The second kappa shape index (κ2) is 3.01. The van der Waals surface area contributed by atoms with Crippen LogP contribution in [0.15, 0.2) is 12.3 Å². The smallest absolute Gasteiger partial charge is 0.137 e. The Morgan fingerprint density at radius 1 is 1.70 bits per heavy atom. The molecule has 0 aliphatic rings. The second-order valence-electron chi connectivity index (χ2n) is 2.08. The van der Waals surface area contributed by atoms with Crippen LogP contribution in [0.1, 0.15) is 11.3 Å². The maximum Gasteiger partial charge on any atom is 0.137 e. The number of aromatic nitrogens is 1. The molecule has 0 unspecified atom stereocenters. The van der Waals surface area contributed by atoms with Crippen molar-refractivity contribution in [1.29, 1.82) is 0 Å². The van der Waals surface area contributed by atoms with Gasteiger partial charge < -0.3 is 5.11 Å². The molecule has 1 N–H and O–H groups in total. The first kappa shape index (κ1) is 7.54. The minimum atomic E-state index is 0.261. The molecular weight excluding hydrogens is 194 g/mol. The van der Waals surface area contributed by atoms with Crippen LogP contribution in [0.25, 0.3) is 0 Å². The molecule has 0 amide bonds. The molecule has 2 nitrogen and oxygen atoms in total. The maximum absolute atomic E-state index is 9.15. The molecular formula is C7H8BrNO. The zero-order valence-electron chi connectivity index (χ0n) is 5.63. The molecule has 0 aromatic carbocycles. The number of halogens is 1. The molecule has 1 aromatic heterocycles. The summed E-state index contributed by atoms with van der Waals surface area (Å²) in [6.07, 6.45) is 1.74. The third-order valence-electron chi connectivity index (χ3n) is 1.27. The predicted octanol–water partition coefficient (Wildman–Crippen LogP) is 1.99. The van der Waals surface area contributed by atoms with E-state index in [4.69, 9.17) is 5.11 Å². The number of aromatic hydroxyl groups is 1.